The molecule has 0 bridgehead atoms. The second kappa shape index (κ2) is 8.65. The Hall–Kier alpha value is -2.12. The third-order valence-corrected chi connectivity index (χ3v) is 3.93. The molecule has 0 saturated carbocycles. The molecule has 3 rings (SSSR count). The number of methoxy groups -OCH3 is 1. The van der Waals surface area contributed by atoms with Crippen LogP contribution in [0.15, 0.2) is 24.3 Å². The molecule has 7 nitrogen and oxygen atoms in total. The Morgan fingerprint density at radius 1 is 1.38 bits per heavy atom. The molecule has 3 N–H and O–H groups in total. The quantitative estimate of drug-likeness (QED) is 0.736. The number of hydrogen-bond donors (Lipinski definition) is 3. The number of ether oxygens (including phenoxy) is 1. The van der Waals surface area contributed by atoms with Crippen LogP contribution in [0.4, 0.5) is 0 Å². The Labute approximate surface area is 147 Å². The van der Waals surface area contributed by atoms with Crippen molar-refractivity contribution in [1.29, 1.82) is 0 Å². The van der Waals surface area contributed by atoms with Gasteiger partial charge in [0.1, 0.15) is 11.6 Å². The van der Waals surface area contributed by atoms with Crippen LogP contribution < -0.4 is 15.4 Å². The van der Waals surface area contributed by atoms with E-state index in [2.05, 4.69) is 25.8 Å². The van der Waals surface area contributed by atoms with Crippen LogP contribution >= 0.6 is 12.4 Å². The van der Waals surface area contributed by atoms with Gasteiger partial charge in [-0.1, -0.05) is 0 Å². The molecule has 1 aromatic carbocycles. The zero-order chi connectivity index (χ0) is 16.1. The first-order chi connectivity index (χ1) is 11.2. The largest absolute Gasteiger partial charge is 0.497 e. The number of aromatic amines is 1. The summed E-state index contributed by atoms with van der Waals surface area (Å²) in [6.07, 6.45) is 2.72. The summed E-state index contributed by atoms with van der Waals surface area (Å²) in [5, 5.41) is 13.2. The van der Waals surface area contributed by atoms with Crippen molar-refractivity contribution in [3.63, 3.8) is 0 Å². The topological polar surface area (TPSA) is 91.9 Å². The molecule has 0 aliphatic carbocycles. The highest BCUT2D eigenvalue weighted by molar-refractivity contribution is 5.85. The van der Waals surface area contributed by atoms with E-state index < -0.39 is 0 Å². The lowest BCUT2D eigenvalue weighted by Crippen LogP contribution is -2.31. The van der Waals surface area contributed by atoms with Gasteiger partial charge in [-0.2, -0.15) is 5.10 Å². The van der Waals surface area contributed by atoms with E-state index in [4.69, 9.17) is 4.74 Å². The van der Waals surface area contributed by atoms with Crippen molar-refractivity contribution >= 4 is 18.3 Å². The predicted molar refractivity (Wildman–Crippen MR) is 93.1 cm³/mol. The second-order valence-corrected chi connectivity index (χ2v) is 5.61. The lowest BCUT2D eigenvalue weighted by molar-refractivity contribution is -0.121. The van der Waals surface area contributed by atoms with E-state index in [0.29, 0.717) is 30.7 Å². The molecular weight excluding hydrogens is 330 g/mol. The van der Waals surface area contributed by atoms with Gasteiger partial charge in [0, 0.05) is 18.0 Å². The third kappa shape index (κ3) is 4.69. The number of hydrogen-bond acceptors (Lipinski definition) is 5. The molecule has 1 saturated heterocycles. The first-order valence-corrected chi connectivity index (χ1v) is 7.80. The van der Waals surface area contributed by atoms with Gasteiger partial charge in [-0.05, 0) is 43.7 Å². The molecule has 1 aliphatic heterocycles. The Morgan fingerprint density at radius 2 is 2.17 bits per heavy atom. The Balaban J connectivity index is 0.00000208. The summed E-state index contributed by atoms with van der Waals surface area (Å²) >= 11 is 0. The molecule has 130 valence electrons. The molecule has 1 unspecified atom stereocenters. The second-order valence-electron chi connectivity index (χ2n) is 5.61. The molecule has 2 aromatic rings. The summed E-state index contributed by atoms with van der Waals surface area (Å²) in [5.74, 6) is 2.07. The van der Waals surface area contributed by atoms with Crippen molar-refractivity contribution in [2.45, 2.75) is 31.8 Å². The van der Waals surface area contributed by atoms with Gasteiger partial charge < -0.3 is 15.4 Å². The molecule has 1 fully saturated rings. The van der Waals surface area contributed by atoms with Crippen LogP contribution in [0, 0.1) is 0 Å². The minimum Gasteiger partial charge on any atom is -0.497 e. The number of benzene rings is 1. The standard InChI is InChI=1S/C16H21N5O2.ClH/c1-23-13-6-4-11(5-7-13)16-19-14(20-21-16)10-18-15(22)9-12-3-2-8-17-12;/h4-7,12,17H,2-3,8-10H2,1H3,(H,18,22)(H,19,20,21);1H. The van der Waals surface area contributed by atoms with Gasteiger partial charge in [-0.3, -0.25) is 9.89 Å². The van der Waals surface area contributed by atoms with E-state index in [-0.39, 0.29) is 18.3 Å². The van der Waals surface area contributed by atoms with Gasteiger partial charge >= 0.3 is 0 Å². The van der Waals surface area contributed by atoms with Crippen LogP contribution in [0.1, 0.15) is 25.1 Å². The normalized spacial score (nSPS) is 16.5. The van der Waals surface area contributed by atoms with Crippen molar-refractivity contribution in [3.8, 4) is 17.1 Å². The van der Waals surface area contributed by atoms with Gasteiger partial charge in [-0.15, -0.1) is 12.4 Å². The molecular formula is C16H22ClN5O2. The minimum atomic E-state index is 0. The highest BCUT2D eigenvalue weighted by Gasteiger charge is 2.17. The highest BCUT2D eigenvalue weighted by Crippen LogP contribution is 2.18. The number of nitrogens with one attached hydrogen (secondary N) is 3. The fourth-order valence-corrected chi connectivity index (χ4v) is 2.65. The maximum absolute atomic E-state index is 11.9. The molecule has 1 aromatic heterocycles. The van der Waals surface area contributed by atoms with Crippen molar-refractivity contribution < 1.29 is 9.53 Å². The highest BCUT2D eigenvalue weighted by atomic mass is 35.5. The number of aromatic nitrogens is 3. The van der Waals surface area contributed by atoms with E-state index >= 15 is 0 Å². The SMILES string of the molecule is COc1ccc(-c2n[nH]c(CNC(=O)CC3CCCN3)n2)cc1.Cl. The Kier molecular flexibility index (Phi) is 6.57. The maximum atomic E-state index is 11.9. The average Bonchev–Trinajstić information content (AvgIpc) is 3.25. The summed E-state index contributed by atoms with van der Waals surface area (Å²) in [7, 11) is 1.63. The summed E-state index contributed by atoms with van der Waals surface area (Å²) in [6.45, 7) is 1.36. The smallest absolute Gasteiger partial charge is 0.221 e. The van der Waals surface area contributed by atoms with Crippen LogP contribution in [-0.2, 0) is 11.3 Å². The summed E-state index contributed by atoms with van der Waals surface area (Å²) in [5.41, 5.74) is 0.898. The van der Waals surface area contributed by atoms with Crippen molar-refractivity contribution in [3.05, 3.63) is 30.1 Å². The molecule has 1 amide bonds. The van der Waals surface area contributed by atoms with Crippen LogP contribution in [-0.4, -0.2) is 40.8 Å². The first-order valence-electron chi connectivity index (χ1n) is 7.80. The maximum Gasteiger partial charge on any atom is 0.221 e. The summed E-state index contributed by atoms with van der Waals surface area (Å²) in [4.78, 5) is 16.3. The number of amides is 1. The molecule has 24 heavy (non-hydrogen) atoms. The van der Waals surface area contributed by atoms with Gasteiger partial charge in [0.2, 0.25) is 5.91 Å². The van der Waals surface area contributed by atoms with Crippen LogP contribution in [0.2, 0.25) is 0 Å². The molecule has 0 radical (unpaired) electrons. The number of halogens is 1. The first kappa shape index (κ1) is 18.2. The number of nitrogens with zero attached hydrogens (tertiary/aromatic N) is 2. The van der Waals surface area contributed by atoms with Gasteiger partial charge in [0.25, 0.3) is 0 Å². The molecule has 1 atom stereocenters. The van der Waals surface area contributed by atoms with E-state index in [1.54, 1.807) is 7.11 Å². The van der Waals surface area contributed by atoms with Gasteiger partial charge in [0.15, 0.2) is 5.82 Å². The van der Waals surface area contributed by atoms with E-state index in [1.807, 2.05) is 24.3 Å². The summed E-state index contributed by atoms with van der Waals surface area (Å²) in [6, 6.07) is 7.83. The monoisotopic (exact) mass is 351 g/mol. The van der Waals surface area contributed by atoms with Crippen LogP contribution in [0.3, 0.4) is 0 Å². The molecule has 0 spiro atoms. The number of H-pyrrole nitrogens is 1. The van der Waals surface area contributed by atoms with E-state index in [9.17, 15) is 4.79 Å². The number of carbonyl (C=O) groups is 1. The predicted octanol–water partition coefficient (Wildman–Crippen LogP) is 1.66. The molecule has 1 aliphatic rings. The summed E-state index contributed by atoms with van der Waals surface area (Å²) < 4.78 is 5.13. The zero-order valence-corrected chi connectivity index (χ0v) is 14.4. The molecule has 2 heterocycles. The Bertz CT molecular complexity index is 653. The van der Waals surface area contributed by atoms with Crippen molar-refractivity contribution in [2.24, 2.45) is 0 Å². The van der Waals surface area contributed by atoms with Crippen LogP contribution in [0.5, 0.6) is 5.75 Å². The zero-order valence-electron chi connectivity index (χ0n) is 13.5. The van der Waals surface area contributed by atoms with Crippen LogP contribution in [0.25, 0.3) is 11.4 Å². The minimum absolute atomic E-state index is 0. The average molecular weight is 352 g/mol. The third-order valence-electron chi connectivity index (χ3n) is 3.93. The fraction of sp³-hybridized carbons (Fsp3) is 0.438. The fourth-order valence-electron chi connectivity index (χ4n) is 2.65. The lowest BCUT2D eigenvalue weighted by Gasteiger charge is -2.09. The van der Waals surface area contributed by atoms with Crippen molar-refractivity contribution in [2.75, 3.05) is 13.7 Å². The van der Waals surface area contributed by atoms with E-state index in [0.717, 1.165) is 30.7 Å². The number of rotatable bonds is 6. The lowest BCUT2D eigenvalue weighted by atomic mass is 10.1. The van der Waals surface area contributed by atoms with Gasteiger partial charge in [0.05, 0.1) is 13.7 Å². The van der Waals surface area contributed by atoms with E-state index in [1.165, 1.54) is 0 Å². The van der Waals surface area contributed by atoms with Gasteiger partial charge in [-0.25, -0.2) is 4.98 Å². The molecule has 8 heteroatoms. The number of carbonyl (C=O) groups excluding carboxylic acids is 1. The van der Waals surface area contributed by atoms with Crippen molar-refractivity contribution in [1.82, 2.24) is 25.8 Å². The Morgan fingerprint density at radius 3 is 2.83 bits per heavy atom.